The lowest BCUT2D eigenvalue weighted by Crippen LogP contribution is -2.28. The lowest BCUT2D eigenvalue weighted by Gasteiger charge is -2.28. The van der Waals surface area contributed by atoms with Crippen LogP contribution in [0, 0.1) is 23.3 Å². The number of hydrogen-bond donors (Lipinski definition) is 0. The van der Waals surface area contributed by atoms with Crippen molar-refractivity contribution in [3.05, 3.63) is 125 Å². The maximum Gasteiger partial charge on any atom is 0.135 e. The van der Waals surface area contributed by atoms with E-state index in [4.69, 9.17) is 9.97 Å². The summed E-state index contributed by atoms with van der Waals surface area (Å²) in [7, 11) is -1.43. The third-order valence-corrected chi connectivity index (χ3v) is 9.44. The van der Waals surface area contributed by atoms with Crippen LogP contribution in [0.15, 0.2) is 91.0 Å². The fourth-order valence-electron chi connectivity index (χ4n) is 4.78. The largest absolute Gasteiger partial charge is 0.247 e. The number of pyridine rings is 2. The molecule has 7 heteroatoms. The van der Waals surface area contributed by atoms with E-state index in [9.17, 15) is 17.6 Å². The van der Waals surface area contributed by atoms with Gasteiger partial charge in [0.05, 0.1) is 22.3 Å². The summed E-state index contributed by atoms with van der Waals surface area (Å²) in [5.74, 6) is -2.74. The molecule has 43 heavy (non-hydrogen) atoms. The van der Waals surface area contributed by atoms with Crippen molar-refractivity contribution >= 4 is 24.1 Å². The van der Waals surface area contributed by atoms with Gasteiger partial charge in [0.25, 0.3) is 0 Å². The molecule has 2 nitrogen and oxygen atoms in total. The van der Waals surface area contributed by atoms with Crippen molar-refractivity contribution in [2.24, 2.45) is 0 Å². The summed E-state index contributed by atoms with van der Waals surface area (Å²) < 4.78 is 57.1. The van der Waals surface area contributed by atoms with Crippen molar-refractivity contribution in [2.75, 3.05) is 0 Å². The lowest BCUT2D eigenvalue weighted by atomic mass is 9.81. The van der Waals surface area contributed by atoms with E-state index in [0.29, 0.717) is 22.3 Å². The SMILES string of the molecule is CC(C)(C)c1cc(P(c2cccc(-c3ccc(F)cc3F)n2)c2cccc(-c3ccc(F)cc3F)n2)cc(C(C)(C)C)c1. The third-order valence-electron chi connectivity index (χ3n) is 7.25. The number of rotatable bonds is 5. The molecule has 0 saturated carbocycles. The van der Waals surface area contributed by atoms with Crippen molar-refractivity contribution in [3.63, 3.8) is 0 Å². The van der Waals surface area contributed by atoms with Crippen LogP contribution >= 0.6 is 7.92 Å². The monoisotopic (exact) mass is 600 g/mol. The Morgan fingerprint density at radius 3 is 1.30 bits per heavy atom. The zero-order valence-corrected chi connectivity index (χ0v) is 25.9. The number of aromatic nitrogens is 2. The molecule has 0 radical (unpaired) electrons. The molecule has 0 unspecified atom stereocenters. The van der Waals surface area contributed by atoms with Gasteiger partial charge in [0.2, 0.25) is 0 Å². The van der Waals surface area contributed by atoms with Gasteiger partial charge >= 0.3 is 0 Å². The van der Waals surface area contributed by atoms with Crippen LogP contribution in [0.1, 0.15) is 52.7 Å². The predicted octanol–water partition coefficient (Wildman–Crippen LogP) is 8.72. The molecule has 0 aliphatic carbocycles. The molecule has 0 atom stereocenters. The van der Waals surface area contributed by atoms with Crippen LogP contribution in [0.3, 0.4) is 0 Å². The summed E-state index contributed by atoms with van der Waals surface area (Å²) in [6.45, 7) is 13.0. The second-order valence-corrected chi connectivity index (χ2v) is 14.7. The molecule has 0 saturated heterocycles. The summed E-state index contributed by atoms with van der Waals surface area (Å²) in [4.78, 5) is 9.81. The van der Waals surface area contributed by atoms with Gasteiger partial charge in [-0.1, -0.05) is 59.7 Å². The van der Waals surface area contributed by atoms with E-state index in [1.807, 2.05) is 12.1 Å². The van der Waals surface area contributed by atoms with Crippen molar-refractivity contribution in [1.29, 1.82) is 0 Å². The van der Waals surface area contributed by atoms with E-state index in [0.717, 1.165) is 28.6 Å². The van der Waals surface area contributed by atoms with E-state index in [1.54, 1.807) is 24.3 Å². The first-order valence-corrected chi connectivity index (χ1v) is 15.4. The molecule has 2 heterocycles. The fraction of sp³-hybridized carbons (Fsp3) is 0.222. The smallest absolute Gasteiger partial charge is 0.135 e. The molecule has 0 bridgehead atoms. The zero-order chi connectivity index (χ0) is 31.1. The molecule has 0 fully saturated rings. The molecule has 0 aliphatic heterocycles. The Bertz CT molecular complexity index is 1680. The summed E-state index contributed by atoms with van der Waals surface area (Å²) in [5, 5.41) is 0.987. The van der Waals surface area contributed by atoms with Crippen molar-refractivity contribution in [3.8, 4) is 22.5 Å². The second-order valence-electron chi connectivity index (χ2n) is 12.6. The maximum atomic E-state index is 14.8. The Labute approximate surface area is 251 Å². The molecule has 0 spiro atoms. The fourth-order valence-corrected chi connectivity index (χ4v) is 6.96. The van der Waals surface area contributed by atoms with Gasteiger partial charge in [-0.25, -0.2) is 27.5 Å². The molecule has 220 valence electrons. The quantitative estimate of drug-likeness (QED) is 0.149. The van der Waals surface area contributed by atoms with Crippen LogP contribution in [0.25, 0.3) is 22.5 Å². The lowest BCUT2D eigenvalue weighted by molar-refractivity contribution is 0.569. The van der Waals surface area contributed by atoms with E-state index < -0.39 is 31.2 Å². The van der Waals surface area contributed by atoms with Crippen LogP contribution in [-0.2, 0) is 10.8 Å². The van der Waals surface area contributed by atoms with Crippen LogP contribution in [-0.4, -0.2) is 9.97 Å². The van der Waals surface area contributed by atoms with Crippen molar-refractivity contribution < 1.29 is 17.6 Å². The number of nitrogens with zero attached hydrogens (tertiary/aromatic N) is 2. The van der Waals surface area contributed by atoms with Gasteiger partial charge in [0, 0.05) is 31.2 Å². The summed E-state index contributed by atoms with van der Waals surface area (Å²) in [5.41, 5.74) is 4.40. The van der Waals surface area contributed by atoms with Gasteiger partial charge in [-0.15, -0.1) is 0 Å². The van der Waals surface area contributed by atoms with Crippen LogP contribution < -0.4 is 16.2 Å². The van der Waals surface area contributed by atoms with Gasteiger partial charge in [0.15, 0.2) is 0 Å². The van der Waals surface area contributed by atoms with Gasteiger partial charge in [-0.3, -0.25) is 0 Å². The first-order chi connectivity index (χ1) is 20.2. The highest BCUT2D eigenvalue weighted by Gasteiger charge is 2.27. The standard InChI is InChI=1S/C36H33F4N2P/c1-35(2,3)22-17-23(36(4,5)6)19-26(18-22)43(33-11-7-9-31(41-33)27-15-13-24(37)20-29(27)39)34-12-8-10-32(42-34)28-16-14-25(38)21-30(28)40/h7-21H,1-6H3. The Morgan fingerprint density at radius 1 is 0.512 bits per heavy atom. The number of hydrogen-bond acceptors (Lipinski definition) is 2. The first-order valence-electron chi connectivity index (χ1n) is 14.0. The normalized spacial score (nSPS) is 12.2. The maximum absolute atomic E-state index is 14.8. The molecular formula is C36H33F4N2P. The molecule has 0 amide bonds. The van der Waals surface area contributed by atoms with E-state index in [-0.39, 0.29) is 22.0 Å². The Morgan fingerprint density at radius 2 is 0.930 bits per heavy atom. The molecule has 3 aromatic carbocycles. The zero-order valence-electron chi connectivity index (χ0n) is 25.0. The highest BCUT2D eigenvalue weighted by atomic mass is 31.1. The second kappa shape index (κ2) is 11.7. The van der Waals surface area contributed by atoms with Gasteiger partial charge in [-0.05, 0) is 87.9 Å². The molecule has 5 rings (SSSR count). The minimum Gasteiger partial charge on any atom is -0.247 e. The Balaban J connectivity index is 1.76. The molecule has 5 aromatic rings. The van der Waals surface area contributed by atoms with E-state index >= 15 is 0 Å². The first kappa shape index (κ1) is 30.6. The summed E-state index contributed by atoms with van der Waals surface area (Å²) in [6, 6.07) is 24.2. The Kier molecular flexibility index (Phi) is 8.28. The molecular weight excluding hydrogens is 567 g/mol. The number of halogens is 4. The Hall–Kier alpha value is -3.89. The van der Waals surface area contributed by atoms with Crippen LogP contribution in [0.2, 0.25) is 0 Å². The summed E-state index contributed by atoms with van der Waals surface area (Å²) >= 11 is 0. The van der Waals surface area contributed by atoms with Gasteiger partial charge < -0.3 is 0 Å². The average Bonchev–Trinajstić information content (AvgIpc) is 2.92. The highest BCUT2D eigenvalue weighted by Crippen LogP contribution is 2.37. The van der Waals surface area contributed by atoms with E-state index in [1.165, 1.54) is 24.3 Å². The number of benzene rings is 3. The minimum absolute atomic E-state index is 0.157. The average molecular weight is 601 g/mol. The van der Waals surface area contributed by atoms with Crippen LogP contribution in [0.5, 0.6) is 0 Å². The van der Waals surface area contributed by atoms with Gasteiger partial charge in [-0.2, -0.15) is 0 Å². The van der Waals surface area contributed by atoms with E-state index in [2.05, 4.69) is 59.7 Å². The topological polar surface area (TPSA) is 25.8 Å². The van der Waals surface area contributed by atoms with Crippen molar-refractivity contribution in [2.45, 2.75) is 52.4 Å². The van der Waals surface area contributed by atoms with Crippen molar-refractivity contribution in [1.82, 2.24) is 9.97 Å². The third kappa shape index (κ3) is 6.70. The highest BCUT2D eigenvalue weighted by molar-refractivity contribution is 7.79. The minimum atomic E-state index is -1.43. The predicted molar refractivity (Wildman–Crippen MR) is 169 cm³/mol. The molecule has 2 aromatic heterocycles. The molecule has 0 N–H and O–H groups in total. The summed E-state index contributed by atoms with van der Waals surface area (Å²) in [6.07, 6.45) is 0. The van der Waals surface area contributed by atoms with Gasteiger partial charge in [0.1, 0.15) is 23.3 Å². The van der Waals surface area contributed by atoms with Crippen LogP contribution in [0.4, 0.5) is 17.6 Å². The molecule has 0 aliphatic rings.